The van der Waals surface area contributed by atoms with E-state index in [0.717, 1.165) is 32.1 Å². The molecule has 1 saturated carbocycles. The second-order valence-corrected chi connectivity index (χ2v) is 3.69. The molecule has 1 saturated heterocycles. The molecule has 1 spiro atoms. The van der Waals surface area contributed by atoms with Crippen LogP contribution in [-0.2, 0) is 19.3 Å². The number of rotatable bonds is 2. The van der Waals surface area contributed by atoms with Crippen molar-refractivity contribution >= 4 is 6.47 Å². The van der Waals surface area contributed by atoms with Crippen molar-refractivity contribution in [2.45, 2.75) is 43.8 Å². The van der Waals surface area contributed by atoms with Crippen molar-refractivity contribution in [3.63, 3.8) is 0 Å². The average Bonchev–Trinajstić information content (AvgIpc) is 2.59. The topological polar surface area (TPSA) is 44.8 Å². The first kappa shape index (κ1) is 8.97. The Bertz CT molecular complexity index is 186. The lowest BCUT2D eigenvalue weighted by Gasteiger charge is -2.36. The minimum Gasteiger partial charge on any atom is -0.461 e. The summed E-state index contributed by atoms with van der Waals surface area (Å²) >= 11 is 0. The zero-order valence-electron chi connectivity index (χ0n) is 7.53. The van der Waals surface area contributed by atoms with Crippen LogP contribution in [0.1, 0.15) is 32.1 Å². The third-order valence-corrected chi connectivity index (χ3v) is 2.96. The first-order valence-electron chi connectivity index (χ1n) is 4.77. The van der Waals surface area contributed by atoms with Gasteiger partial charge in [-0.05, 0) is 19.3 Å². The van der Waals surface area contributed by atoms with Gasteiger partial charge in [0.2, 0.25) is 0 Å². The third-order valence-electron chi connectivity index (χ3n) is 2.96. The highest BCUT2D eigenvalue weighted by molar-refractivity contribution is 5.38. The van der Waals surface area contributed by atoms with Crippen molar-refractivity contribution in [1.82, 2.24) is 0 Å². The molecule has 0 aromatic carbocycles. The Morgan fingerprint density at radius 2 is 2.31 bits per heavy atom. The van der Waals surface area contributed by atoms with E-state index in [2.05, 4.69) is 0 Å². The molecule has 74 valence electrons. The van der Waals surface area contributed by atoms with E-state index in [1.165, 1.54) is 0 Å². The van der Waals surface area contributed by atoms with Crippen LogP contribution in [0.25, 0.3) is 0 Å². The largest absolute Gasteiger partial charge is 0.461 e. The number of hydrogen-bond donors (Lipinski definition) is 0. The second-order valence-electron chi connectivity index (χ2n) is 3.69. The molecule has 13 heavy (non-hydrogen) atoms. The van der Waals surface area contributed by atoms with Gasteiger partial charge in [-0.3, -0.25) is 4.79 Å². The lowest BCUT2D eigenvalue weighted by molar-refractivity contribution is -0.332. The van der Waals surface area contributed by atoms with E-state index in [1.807, 2.05) is 0 Å². The summed E-state index contributed by atoms with van der Waals surface area (Å²) in [5.74, 6) is 0. The van der Waals surface area contributed by atoms with E-state index in [-0.39, 0.29) is 11.7 Å². The van der Waals surface area contributed by atoms with E-state index in [0.29, 0.717) is 13.1 Å². The second kappa shape index (κ2) is 3.64. The first-order valence-corrected chi connectivity index (χ1v) is 4.77. The molecule has 0 N–H and O–H groups in total. The highest BCUT2D eigenvalue weighted by atomic mass is 17.2. The maximum atomic E-state index is 10.3. The molecule has 2 rings (SSSR count). The zero-order chi connectivity index (χ0) is 9.15. The van der Waals surface area contributed by atoms with Gasteiger partial charge in [0, 0.05) is 6.42 Å². The fourth-order valence-electron chi connectivity index (χ4n) is 2.23. The van der Waals surface area contributed by atoms with Gasteiger partial charge in [0.15, 0.2) is 0 Å². The molecule has 2 unspecified atom stereocenters. The van der Waals surface area contributed by atoms with Crippen molar-refractivity contribution in [2.24, 2.45) is 0 Å². The molecule has 2 atom stereocenters. The van der Waals surface area contributed by atoms with Gasteiger partial charge in [0.05, 0.1) is 6.61 Å². The summed E-state index contributed by atoms with van der Waals surface area (Å²) in [7, 11) is 0. The molecular weight excluding hydrogens is 172 g/mol. The number of ether oxygens (including phenoxy) is 1. The van der Waals surface area contributed by atoms with Crippen LogP contribution in [0.5, 0.6) is 0 Å². The molecule has 4 heteroatoms. The molecule has 0 radical (unpaired) electrons. The molecule has 1 aliphatic heterocycles. The lowest BCUT2D eigenvalue weighted by atomic mass is 9.80. The smallest absolute Gasteiger partial charge is 0.293 e. The monoisotopic (exact) mass is 186 g/mol. The quantitative estimate of drug-likeness (QED) is 0.480. The standard InChI is InChI=1S/C9H14O4/c10-7-11-8-3-1-2-4-9(8)5-6-12-13-9/h7-8H,1-6H2. The number of carbonyl (C=O) groups is 1. The molecule has 0 bridgehead atoms. The zero-order valence-corrected chi connectivity index (χ0v) is 7.53. The minimum absolute atomic E-state index is 0.110. The third kappa shape index (κ3) is 1.56. The van der Waals surface area contributed by atoms with Crippen molar-refractivity contribution in [3.05, 3.63) is 0 Å². The molecule has 0 aromatic heterocycles. The number of carbonyl (C=O) groups excluding carboxylic acids is 1. The van der Waals surface area contributed by atoms with Crippen LogP contribution in [0.3, 0.4) is 0 Å². The van der Waals surface area contributed by atoms with Gasteiger partial charge in [0.25, 0.3) is 6.47 Å². The summed E-state index contributed by atoms with van der Waals surface area (Å²) in [6, 6.07) is 0. The van der Waals surface area contributed by atoms with Crippen LogP contribution in [0.4, 0.5) is 0 Å². The van der Waals surface area contributed by atoms with E-state index in [4.69, 9.17) is 14.5 Å². The Morgan fingerprint density at radius 3 is 3.00 bits per heavy atom. The van der Waals surface area contributed by atoms with Crippen LogP contribution in [0.2, 0.25) is 0 Å². The summed E-state index contributed by atoms with van der Waals surface area (Å²) in [5.41, 5.74) is -0.334. The Kier molecular flexibility index (Phi) is 2.51. The average molecular weight is 186 g/mol. The van der Waals surface area contributed by atoms with Gasteiger partial charge < -0.3 is 4.74 Å². The van der Waals surface area contributed by atoms with Gasteiger partial charge in [-0.2, -0.15) is 0 Å². The van der Waals surface area contributed by atoms with Crippen LogP contribution in [-0.4, -0.2) is 24.8 Å². The SMILES string of the molecule is O=COC1CCCCC12CCOO2. The van der Waals surface area contributed by atoms with Crippen molar-refractivity contribution < 1.29 is 19.3 Å². The molecule has 2 aliphatic rings. The van der Waals surface area contributed by atoms with E-state index in [9.17, 15) is 4.79 Å². The van der Waals surface area contributed by atoms with Crippen LogP contribution in [0, 0.1) is 0 Å². The van der Waals surface area contributed by atoms with Gasteiger partial charge in [-0.25, -0.2) is 9.78 Å². The maximum absolute atomic E-state index is 10.3. The van der Waals surface area contributed by atoms with Crippen LogP contribution < -0.4 is 0 Å². The summed E-state index contributed by atoms with van der Waals surface area (Å²) in [4.78, 5) is 20.5. The minimum atomic E-state index is -0.334. The highest BCUT2D eigenvalue weighted by Gasteiger charge is 2.47. The Labute approximate surface area is 77.1 Å². The Morgan fingerprint density at radius 1 is 1.38 bits per heavy atom. The van der Waals surface area contributed by atoms with Crippen LogP contribution in [0.15, 0.2) is 0 Å². The predicted octanol–water partition coefficient (Wildman–Crippen LogP) is 1.19. The molecule has 0 aromatic rings. The van der Waals surface area contributed by atoms with Crippen molar-refractivity contribution in [3.8, 4) is 0 Å². The molecule has 0 amide bonds. The fraction of sp³-hybridized carbons (Fsp3) is 0.889. The van der Waals surface area contributed by atoms with Gasteiger partial charge in [-0.15, -0.1) is 0 Å². The molecule has 2 fully saturated rings. The molecule has 1 heterocycles. The fourth-order valence-corrected chi connectivity index (χ4v) is 2.23. The van der Waals surface area contributed by atoms with E-state index in [1.54, 1.807) is 0 Å². The predicted molar refractivity (Wildman–Crippen MR) is 43.8 cm³/mol. The summed E-state index contributed by atoms with van der Waals surface area (Å²) in [6.07, 6.45) is 4.78. The lowest BCUT2D eigenvalue weighted by Crippen LogP contribution is -2.45. The van der Waals surface area contributed by atoms with Gasteiger partial charge in [0.1, 0.15) is 11.7 Å². The summed E-state index contributed by atoms with van der Waals surface area (Å²) in [5, 5.41) is 0. The number of hydrogen-bond acceptors (Lipinski definition) is 4. The molecule has 4 nitrogen and oxygen atoms in total. The maximum Gasteiger partial charge on any atom is 0.293 e. The Hall–Kier alpha value is -0.610. The van der Waals surface area contributed by atoms with E-state index < -0.39 is 0 Å². The molecular formula is C9H14O4. The highest BCUT2D eigenvalue weighted by Crippen LogP contribution is 2.39. The van der Waals surface area contributed by atoms with Crippen molar-refractivity contribution in [1.29, 1.82) is 0 Å². The first-order chi connectivity index (χ1) is 6.37. The normalized spacial score (nSPS) is 39.2. The van der Waals surface area contributed by atoms with Gasteiger partial charge in [-0.1, -0.05) is 6.42 Å². The Balaban J connectivity index is 2.06. The van der Waals surface area contributed by atoms with E-state index >= 15 is 0 Å². The molecule has 1 aliphatic carbocycles. The van der Waals surface area contributed by atoms with Crippen LogP contribution >= 0.6 is 0 Å². The van der Waals surface area contributed by atoms with Gasteiger partial charge >= 0.3 is 0 Å². The summed E-state index contributed by atoms with van der Waals surface area (Å²) in [6.45, 7) is 1.12. The summed E-state index contributed by atoms with van der Waals surface area (Å²) < 4.78 is 5.04. The van der Waals surface area contributed by atoms with Crippen molar-refractivity contribution in [2.75, 3.05) is 6.61 Å².